The van der Waals surface area contributed by atoms with Crippen LogP contribution >= 0.6 is 11.3 Å². The largest absolute Gasteiger partial charge is 0.463 e. The predicted octanol–water partition coefficient (Wildman–Crippen LogP) is 2.25. The molecule has 0 aromatic carbocycles. The van der Waals surface area contributed by atoms with Crippen LogP contribution in [0.2, 0.25) is 0 Å². The van der Waals surface area contributed by atoms with Gasteiger partial charge < -0.3 is 14.8 Å². The molecule has 2 atom stereocenters. The molecule has 0 saturated heterocycles. The van der Waals surface area contributed by atoms with Gasteiger partial charge in [-0.3, -0.25) is 14.5 Å². The van der Waals surface area contributed by atoms with Crippen LogP contribution in [-0.4, -0.2) is 52.2 Å². The summed E-state index contributed by atoms with van der Waals surface area (Å²) in [6.45, 7) is 4.85. The second kappa shape index (κ2) is 9.15. The molecule has 0 bridgehead atoms. The molecule has 0 saturated carbocycles. The number of aromatic nitrogens is 2. The van der Waals surface area contributed by atoms with Gasteiger partial charge in [-0.15, -0.1) is 11.3 Å². The van der Waals surface area contributed by atoms with Gasteiger partial charge in [0.25, 0.3) is 5.56 Å². The fourth-order valence-electron chi connectivity index (χ4n) is 3.67. The molecule has 0 aliphatic heterocycles. The lowest BCUT2D eigenvalue weighted by Crippen LogP contribution is -2.33. The number of aromatic amines is 1. The van der Waals surface area contributed by atoms with Crippen LogP contribution in [0, 0.1) is 5.92 Å². The van der Waals surface area contributed by atoms with Crippen molar-refractivity contribution in [1.29, 1.82) is 0 Å². The number of hydrogen-bond acceptors (Lipinski definition) is 7. The van der Waals surface area contributed by atoms with Crippen LogP contribution < -0.4 is 5.56 Å². The van der Waals surface area contributed by atoms with E-state index in [1.54, 1.807) is 11.3 Å². The number of rotatable bonds is 8. The first-order valence-electron chi connectivity index (χ1n) is 9.93. The van der Waals surface area contributed by atoms with Crippen molar-refractivity contribution in [3.8, 4) is 0 Å². The number of aliphatic hydroxyl groups excluding tert-OH is 1. The van der Waals surface area contributed by atoms with Gasteiger partial charge in [0.05, 0.1) is 11.9 Å². The topological polar surface area (TPSA) is 95.5 Å². The van der Waals surface area contributed by atoms with Gasteiger partial charge in [-0.05, 0) is 44.2 Å². The number of ether oxygens (including phenoxy) is 1. The van der Waals surface area contributed by atoms with Gasteiger partial charge in [0.15, 0.2) is 0 Å². The first-order chi connectivity index (χ1) is 13.4. The number of hydrogen-bond donors (Lipinski definition) is 2. The summed E-state index contributed by atoms with van der Waals surface area (Å²) in [6.07, 6.45) is 3.39. The van der Waals surface area contributed by atoms with E-state index in [9.17, 15) is 14.7 Å². The number of esters is 1. The molecule has 3 rings (SSSR count). The second-order valence-corrected chi connectivity index (χ2v) is 8.91. The zero-order valence-corrected chi connectivity index (χ0v) is 17.6. The molecule has 2 N–H and O–H groups in total. The third-order valence-corrected chi connectivity index (χ3v) is 6.20. The summed E-state index contributed by atoms with van der Waals surface area (Å²) in [4.78, 5) is 35.6. The normalized spacial score (nSPS) is 17.7. The number of nitrogens with one attached hydrogen (secondary N) is 1. The molecule has 7 nitrogen and oxygen atoms in total. The lowest BCUT2D eigenvalue weighted by Gasteiger charge is -2.20. The van der Waals surface area contributed by atoms with Gasteiger partial charge in [-0.25, -0.2) is 4.98 Å². The van der Waals surface area contributed by atoms with Gasteiger partial charge in [-0.2, -0.15) is 0 Å². The number of likely N-dealkylation sites (N-methyl/N-ethyl adjacent to an activating group) is 1. The summed E-state index contributed by atoms with van der Waals surface area (Å²) >= 11 is 1.63. The molecule has 0 unspecified atom stereocenters. The Hall–Kier alpha value is -1.77. The molecule has 0 radical (unpaired) electrons. The number of carbonyl (C=O) groups is 1. The third kappa shape index (κ3) is 4.98. The molecule has 154 valence electrons. The molecule has 2 heterocycles. The number of H-pyrrole nitrogens is 1. The van der Waals surface area contributed by atoms with E-state index < -0.39 is 6.10 Å². The first-order valence-corrected chi connectivity index (χ1v) is 10.7. The molecule has 1 aliphatic carbocycles. The molecular formula is C20H29N3O4S. The Morgan fingerprint density at radius 3 is 3.04 bits per heavy atom. The van der Waals surface area contributed by atoms with Crippen LogP contribution in [0.5, 0.6) is 0 Å². The fraction of sp³-hybridized carbons (Fsp3) is 0.650. The Bertz CT molecular complexity index is 891. The van der Waals surface area contributed by atoms with E-state index in [-0.39, 0.29) is 18.1 Å². The van der Waals surface area contributed by atoms with Crippen LogP contribution in [0.4, 0.5) is 0 Å². The highest BCUT2D eigenvalue weighted by Crippen LogP contribution is 2.35. The van der Waals surface area contributed by atoms with Gasteiger partial charge >= 0.3 is 5.97 Å². The average Bonchev–Trinajstić information content (AvgIpc) is 2.97. The minimum atomic E-state index is -0.781. The predicted molar refractivity (Wildman–Crippen MR) is 110 cm³/mol. The van der Waals surface area contributed by atoms with Gasteiger partial charge in [0.2, 0.25) is 0 Å². The van der Waals surface area contributed by atoms with E-state index in [4.69, 9.17) is 4.74 Å². The van der Waals surface area contributed by atoms with E-state index in [1.807, 2.05) is 18.9 Å². The SMILES string of the molecule is CCCC(=O)OC[C@H](O)CN(C)Cc1nc2sc3c(c2c(=O)[nH]1)CC[C@H](C)C3. The summed E-state index contributed by atoms with van der Waals surface area (Å²) in [5.41, 5.74) is 1.10. The Morgan fingerprint density at radius 1 is 1.50 bits per heavy atom. The van der Waals surface area contributed by atoms with Crippen LogP contribution in [0.15, 0.2) is 4.79 Å². The number of carbonyl (C=O) groups excluding carboxylic acids is 1. The molecule has 8 heteroatoms. The molecular weight excluding hydrogens is 378 g/mol. The molecule has 2 aromatic heterocycles. The smallest absolute Gasteiger partial charge is 0.305 e. The van der Waals surface area contributed by atoms with Gasteiger partial charge in [-0.1, -0.05) is 13.8 Å². The van der Waals surface area contributed by atoms with Crippen molar-refractivity contribution in [2.75, 3.05) is 20.2 Å². The van der Waals surface area contributed by atoms with E-state index >= 15 is 0 Å². The average molecular weight is 408 g/mol. The fourth-order valence-corrected chi connectivity index (χ4v) is 5.07. The van der Waals surface area contributed by atoms with Crippen LogP contribution in [-0.2, 0) is 28.9 Å². The van der Waals surface area contributed by atoms with E-state index in [0.717, 1.165) is 35.9 Å². The molecule has 0 fully saturated rings. The number of nitrogens with zero attached hydrogens (tertiary/aromatic N) is 2. The zero-order chi connectivity index (χ0) is 20.3. The van der Waals surface area contributed by atoms with Crippen LogP contribution in [0.25, 0.3) is 10.2 Å². The summed E-state index contributed by atoms with van der Waals surface area (Å²) in [6, 6.07) is 0. The third-order valence-electron chi connectivity index (χ3n) is 5.05. The summed E-state index contributed by atoms with van der Waals surface area (Å²) in [5, 5.41) is 10.8. The first kappa shape index (κ1) is 21.0. The highest BCUT2D eigenvalue weighted by atomic mass is 32.1. The van der Waals surface area contributed by atoms with Crippen molar-refractivity contribution in [2.24, 2.45) is 5.92 Å². The molecule has 0 amide bonds. The lowest BCUT2D eigenvalue weighted by atomic mass is 9.89. The van der Waals surface area contributed by atoms with Crippen molar-refractivity contribution in [3.05, 3.63) is 26.6 Å². The number of aryl methyl sites for hydroxylation is 1. The Kier molecular flexibility index (Phi) is 6.85. The Morgan fingerprint density at radius 2 is 2.29 bits per heavy atom. The minimum Gasteiger partial charge on any atom is -0.463 e. The molecule has 28 heavy (non-hydrogen) atoms. The lowest BCUT2D eigenvalue weighted by molar-refractivity contribution is -0.147. The maximum atomic E-state index is 12.6. The van der Waals surface area contributed by atoms with E-state index in [2.05, 4.69) is 16.9 Å². The van der Waals surface area contributed by atoms with Crippen LogP contribution in [0.1, 0.15) is 49.4 Å². The van der Waals surface area contributed by atoms with E-state index in [1.165, 1.54) is 10.4 Å². The second-order valence-electron chi connectivity index (χ2n) is 7.83. The zero-order valence-electron chi connectivity index (χ0n) is 16.8. The number of aliphatic hydroxyl groups is 1. The van der Waals surface area contributed by atoms with E-state index in [0.29, 0.717) is 31.3 Å². The Labute approximate surface area is 168 Å². The highest BCUT2D eigenvalue weighted by Gasteiger charge is 2.23. The maximum absolute atomic E-state index is 12.6. The van der Waals surface area contributed by atoms with Crippen molar-refractivity contribution in [3.63, 3.8) is 0 Å². The highest BCUT2D eigenvalue weighted by molar-refractivity contribution is 7.18. The standard InChI is InChI=1S/C20H29N3O4S/c1-4-5-17(25)27-11-13(24)9-23(3)10-16-21-19(26)18-14-7-6-12(2)8-15(14)28-20(18)22-16/h12-13,24H,4-11H2,1-3H3,(H,21,22,26)/t12-,13+/m0/s1. The quantitative estimate of drug-likeness (QED) is 0.652. The number of fused-ring (bicyclic) bond motifs is 3. The van der Waals surface area contributed by atoms with Gasteiger partial charge in [0, 0.05) is 17.8 Å². The van der Waals surface area contributed by atoms with Crippen molar-refractivity contribution in [1.82, 2.24) is 14.9 Å². The molecule has 2 aromatic rings. The van der Waals surface area contributed by atoms with Gasteiger partial charge in [0.1, 0.15) is 23.4 Å². The summed E-state index contributed by atoms with van der Waals surface area (Å²) in [7, 11) is 1.84. The Balaban J connectivity index is 1.64. The maximum Gasteiger partial charge on any atom is 0.305 e. The summed E-state index contributed by atoms with van der Waals surface area (Å²) < 4.78 is 5.04. The number of thiophene rings is 1. The van der Waals surface area contributed by atoms with Crippen LogP contribution in [0.3, 0.4) is 0 Å². The summed E-state index contributed by atoms with van der Waals surface area (Å²) in [5.74, 6) is 0.941. The minimum absolute atomic E-state index is 0.0258. The molecule has 1 aliphatic rings. The van der Waals surface area contributed by atoms with Crippen molar-refractivity contribution < 1.29 is 14.6 Å². The van der Waals surface area contributed by atoms with Crippen molar-refractivity contribution >= 4 is 27.5 Å². The molecule has 0 spiro atoms. The van der Waals surface area contributed by atoms with Crippen molar-refractivity contribution in [2.45, 2.75) is 58.6 Å². The monoisotopic (exact) mass is 407 g/mol.